The highest BCUT2D eigenvalue weighted by molar-refractivity contribution is 5.76. The fraction of sp³-hybridized carbons (Fsp3) is 0.947. The lowest BCUT2D eigenvalue weighted by molar-refractivity contribution is -0.0317. The van der Waals surface area contributed by atoms with Gasteiger partial charge >= 0.3 is 6.03 Å². The molecule has 0 aromatic carbocycles. The van der Waals surface area contributed by atoms with Gasteiger partial charge in [-0.25, -0.2) is 4.79 Å². The quantitative estimate of drug-likeness (QED) is 0.780. The van der Waals surface area contributed by atoms with Crippen LogP contribution in [0.5, 0.6) is 0 Å². The van der Waals surface area contributed by atoms with Gasteiger partial charge in [-0.05, 0) is 38.5 Å². The molecule has 3 aliphatic heterocycles. The summed E-state index contributed by atoms with van der Waals surface area (Å²) in [7, 11) is 0. The zero-order chi connectivity index (χ0) is 16.8. The average Bonchev–Trinajstić information content (AvgIpc) is 2.61. The summed E-state index contributed by atoms with van der Waals surface area (Å²) in [5, 5.41) is 0. The van der Waals surface area contributed by atoms with Gasteiger partial charge in [-0.3, -0.25) is 4.90 Å². The van der Waals surface area contributed by atoms with Crippen molar-refractivity contribution >= 4 is 6.03 Å². The van der Waals surface area contributed by atoms with Gasteiger partial charge in [-0.2, -0.15) is 0 Å². The van der Waals surface area contributed by atoms with Gasteiger partial charge in [-0.1, -0.05) is 27.2 Å². The Morgan fingerprint density at radius 2 is 1.70 bits per heavy atom. The minimum atomic E-state index is 0.287. The van der Waals surface area contributed by atoms with Crippen molar-refractivity contribution in [3.8, 4) is 0 Å². The topological polar surface area (TPSA) is 26.8 Å². The van der Waals surface area contributed by atoms with Gasteiger partial charge in [0.25, 0.3) is 0 Å². The molecule has 2 amide bonds. The van der Waals surface area contributed by atoms with Gasteiger partial charge in [0, 0.05) is 50.2 Å². The molecular weight excluding hydrogens is 286 g/mol. The third kappa shape index (κ3) is 3.24. The Balaban J connectivity index is 1.61. The second-order valence-electron chi connectivity index (χ2n) is 9.12. The van der Waals surface area contributed by atoms with E-state index in [-0.39, 0.29) is 6.03 Å². The molecule has 1 unspecified atom stereocenters. The van der Waals surface area contributed by atoms with E-state index in [1.54, 1.807) is 0 Å². The summed E-state index contributed by atoms with van der Waals surface area (Å²) in [6.07, 6.45) is 3.92. The van der Waals surface area contributed by atoms with Gasteiger partial charge in [0.05, 0.1) is 0 Å². The van der Waals surface area contributed by atoms with E-state index in [4.69, 9.17) is 0 Å². The molecule has 0 bridgehead atoms. The molecule has 0 N–H and O–H groups in total. The van der Waals surface area contributed by atoms with Crippen LogP contribution in [0.4, 0.5) is 4.79 Å². The lowest BCUT2D eigenvalue weighted by Gasteiger charge is -2.54. The molecule has 0 aliphatic carbocycles. The van der Waals surface area contributed by atoms with Gasteiger partial charge in [0.15, 0.2) is 0 Å². The Morgan fingerprint density at radius 3 is 2.22 bits per heavy atom. The highest BCUT2D eigenvalue weighted by Crippen LogP contribution is 2.42. The van der Waals surface area contributed by atoms with Crippen LogP contribution in [-0.2, 0) is 0 Å². The van der Waals surface area contributed by atoms with Crippen LogP contribution in [0.25, 0.3) is 0 Å². The fourth-order valence-corrected chi connectivity index (χ4v) is 4.93. The number of carbonyl (C=O) groups is 1. The van der Waals surface area contributed by atoms with E-state index < -0.39 is 0 Å². The molecule has 23 heavy (non-hydrogen) atoms. The molecule has 1 spiro atoms. The molecule has 3 rings (SSSR count). The van der Waals surface area contributed by atoms with Gasteiger partial charge in [0.1, 0.15) is 0 Å². The molecule has 0 saturated carbocycles. The molecule has 132 valence electrons. The summed E-state index contributed by atoms with van der Waals surface area (Å²) >= 11 is 0. The lowest BCUT2D eigenvalue weighted by atomic mass is 9.75. The Morgan fingerprint density at radius 1 is 1.04 bits per heavy atom. The number of amides is 2. The maximum atomic E-state index is 12.5. The number of urea groups is 1. The molecule has 0 radical (unpaired) electrons. The van der Waals surface area contributed by atoms with E-state index in [0.29, 0.717) is 29.3 Å². The van der Waals surface area contributed by atoms with Crippen LogP contribution < -0.4 is 0 Å². The van der Waals surface area contributed by atoms with Crippen molar-refractivity contribution in [2.45, 2.75) is 66.0 Å². The number of hydrogen-bond acceptors (Lipinski definition) is 2. The van der Waals surface area contributed by atoms with E-state index in [1.807, 2.05) is 4.90 Å². The van der Waals surface area contributed by atoms with Crippen molar-refractivity contribution < 1.29 is 4.79 Å². The third-order valence-corrected chi connectivity index (χ3v) is 6.24. The van der Waals surface area contributed by atoms with Crippen LogP contribution in [0.2, 0.25) is 0 Å². The van der Waals surface area contributed by atoms with Gasteiger partial charge < -0.3 is 9.80 Å². The summed E-state index contributed by atoms with van der Waals surface area (Å²) in [6, 6.07) is 1.59. The number of nitrogens with zero attached hydrogens (tertiary/aromatic N) is 3. The number of carbonyl (C=O) groups excluding carboxylic acids is 1. The van der Waals surface area contributed by atoms with Crippen LogP contribution in [0.1, 0.15) is 53.9 Å². The van der Waals surface area contributed by atoms with E-state index >= 15 is 0 Å². The zero-order valence-corrected chi connectivity index (χ0v) is 15.7. The third-order valence-electron chi connectivity index (χ3n) is 6.24. The molecule has 4 nitrogen and oxygen atoms in total. The van der Waals surface area contributed by atoms with Crippen LogP contribution in [0, 0.1) is 17.3 Å². The summed E-state index contributed by atoms with van der Waals surface area (Å²) in [4.78, 5) is 19.3. The number of hydrogen-bond donors (Lipinski definition) is 0. The standard InChI is InChI=1S/C19H35N3O/c1-14(2)17-7-6-8-19(13-22(17)15(3)4)11-21(12-19)18(23)20-9-16(5)10-20/h14-17H,6-13H2,1-5H3. The first-order valence-corrected chi connectivity index (χ1v) is 9.61. The van der Waals surface area contributed by atoms with Crippen LogP contribution in [0.15, 0.2) is 0 Å². The monoisotopic (exact) mass is 321 g/mol. The van der Waals surface area contributed by atoms with E-state index in [0.717, 1.165) is 26.2 Å². The minimum absolute atomic E-state index is 0.287. The molecule has 3 aliphatic rings. The smallest absolute Gasteiger partial charge is 0.320 e. The lowest BCUT2D eigenvalue weighted by Crippen LogP contribution is -2.67. The second-order valence-corrected chi connectivity index (χ2v) is 9.12. The van der Waals surface area contributed by atoms with Gasteiger partial charge in [-0.15, -0.1) is 0 Å². The van der Waals surface area contributed by atoms with Crippen molar-refractivity contribution in [1.29, 1.82) is 0 Å². The molecule has 3 fully saturated rings. The Hall–Kier alpha value is -0.770. The first kappa shape index (κ1) is 17.1. The zero-order valence-electron chi connectivity index (χ0n) is 15.7. The first-order valence-electron chi connectivity index (χ1n) is 9.61. The molecule has 3 heterocycles. The first-order chi connectivity index (χ1) is 10.8. The molecule has 4 heteroatoms. The molecule has 1 atom stereocenters. The number of rotatable bonds is 2. The van der Waals surface area contributed by atoms with Crippen molar-refractivity contribution in [3.05, 3.63) is 0 Å². The Labute approximate surface area is 142 Å². The number of likely N-dealkylation sites (tertiary alicyclic amines) is 3. The average molecular weight is 322 g/mol. The van der Waals surface area contributed by atoms with Crippen LogP contribution >= 0.6 is 0 Å². The fourth-order valence-electron chi connectivity index (χ4n) is 4.93. The van der Waals surface area contributed by atoms with Crippen molar-refractivity contribution in [2.24, 2.45) is 17.3 Å². The maximum absolute atomic E-state index is 12.5. The molecule has 0 aromatic heterocycles. The van der Waals surface area contributed by atoms with E-state index in [2.05, 4.69) is 44.4 Å². The Bertz CT molecular complexity index is 436. The predicted octanol–water partition coefficient (Wildman–Crippen LogP) is 3.28. The van der Waals surface area contributed by atoms with Crippen molar-refractivity contribution in [1.82, 2.24) is 14.7 Å². The summed E-state index contributed by atoms with van der Waals surface area (Å²) in [5.74, 6) is 1.41. The van der Waals surface area contributed by atoms with E-state index in [1.165, 1.54) is 25.8 Å². The second kappa shape index (κ2) is 6.27. The predicted molar refractivity (Wildman–Crippen MR) is 94.5 cm³/mol. The highest BCUT2D eigenvalue weighted by atomic mass is 16.2. The molecular formula is C19H35N3O. The molecule has 0 aromatic rings. The summed E-state index contributed by atoms with van der Waals surface area (Å²) in [6.45, 7) is 16.6. The molecule has 3 saturated heterocycles. The minimum Gasteiger partial charge on any atom is -0.324 e. The van der Waals surface area contributed by atoms with Crippen LogP contribution in [-0.4, -0.2) is 65.5 Å². The SMILES string of the molecule is CC1CN(C(=O)N2CC3(CCCC(C(C)C)N(C(C)C)C3)C2)C1. The highest BCUT2D eigenvalue weighted by Gasteiger charge is 2.49. The maximum Gasteiger partial charge on any atom is 0.320 e. The van der Waals surface area contributed by atoms with Crippen molar-refractivity contribution in [3.63, 3.8) is 0 Å². The normalized spacial score (nSPS) is 28.9. The van der Waals surface area contributed by atoms with Crippen LogP contribution in [0.3, 0.4) is 0 Å². The van der Waals surface area contributed by atoms with Gasteiger partial charge in [0.2, 0.25) is 0 Å². The summed E-state index contributed by atoms with van der Waals surface area (Å²) < 4.78 is 0. The summed E-state index contributed by atoms with van der Waals surface area (Å²) in [5.41, 5.74) is 0.361. The van der Waals surface area contributed by atoms with E-state index in [9.17, 15) is 4.79 Å². The Kier molecular flexibility index (Phi) is 4.65. The largest absolute Gasteiger partial charge is 0.324 e. The van der Waals surface area contributed by atoms with Crippen molar-refractivity contribution in [2.75, 3.05) is 32.7 Å².